The molecule has 1 aliphatic heterocycles. The minimum atomic E-state index is -0.393. The SMILES string of the molecule is Cc1ccc(CNc2cccc(C(=O)N3CCC[C@H](O)C3)c2)s1. The average Bonchev–Trinajstić information content (AvgIpc) is 2.98. The van der Waals surface area contributed by atoms with Crippen molar-refractivity contribution >= 4 is 22.9 Å². The molecular weight excluding hydrogens is 308 g/mol. The van der Waals surface area contributed by atoms with E-state index >= 15 is 0 Å². The zero-order valence-corrected chi connectivity index (χ0v) is 14.1. The van der Waals surface area contributed by atoms with Crippen molar-refractivity contribution in [1.82, 2.24) is 4.90 Å². The van der Waals surface area contributed by atoms with Gasteiger partial charge in [-0.25, -0.2) is 0 Å². The van der Waals surface area contributed by atoms with Crippen molar-refractivity contribution in [3.63, 3.8) is 0 Å². The number of aliphatic hydroxyl groups is 1. The number of aliphatic hydroxyl groups excluding tert-OH is 1. The van der Waals surface area contributed by atoms with Crippen molar-refractivity contribution in [2.24, 2.45) is 0 Å². The van der Waals surface area contributed by atoms with Gasteiger partial charge in [0, 0.05) is 40.6 Å². The standard InChI is InChI=1S/C18H22N2O2S/c1-13-7-8-17(23-13)11-19-15-5-2-4-14(10-15)18(22)20-9-3-6-16(21)12-20/h2,4-5,7-8,10,16,19,21H,3,6,9,11-12H2,1H3/t16-/m0/s1. The Balaban J connectivity index is 1.65. The molecule has 0 unspecified atom stereocenters. The molecule has 3 rings (SSSR count). The van der Waals surface area contributed by atoms with E-state index in [1.807, 2.05) is 24.3 Å². The van der Waals surface area contributed by atoms with Crippen molar-refractivity contribution in [3.8, 4) is 0 Å². The fourth-order valence-electron chi connectivity index (χ4n) is 2.85. The Bertz CT molecular complexity index is 683. The molecule has 1 atom stereocenters. The summed E-state index contributed by atoms with van der Waals surface area (Å²) in [6.45, 7) is 4.02. The second kappa shape index (κ2) is 7.15. The fraction of sp³-hybridized carbons (Fsp3) is 0.389. The molecule has 1 aromatic carbocycles. The lowest BCUT2D eigenvalue weighted by Gasteiger charge is -2.30. The van der Waals surface area contributed by atoms with Crippen LogP contribution in [0.3, 0.4) is 0 Å². The number of hydrogen-bond acceptors (Lipinski definition) is 4. The van der Waals surface area contributed by atoms with Gasteiger partial charge in [-0.1, -0.05) is 6.07 Å². The number of nitrogens with zero attached hydrogens (tertiary/aromatic N) is 1. The van der Waals surface area contributed by atoms with Crippen LogP contribution in [0.4, 0.5) is 5.69 Å². The van der Waals surface area contributed by atoms with Crippen LogP contribution in [0.5, 0.6) is 0 Å². The number of rotatable bonds is 4. The van der Waals surface area contributed by atoms with Crippen LogP contribution in [-0.2, 0) is 6.54 Å². The van der Waals surface area contributed by atoms with Gasteiger partial charge in [-0.15, -0.1) is 11.3 Å². The summed E-state index contributed by atoms with van der Waals surface area (Å²) in [7, 11) is 0. The molecule has 5 heteroatoms. The van der Waals surface area contributed by atoms with Crippen LogP contribution < -0.4 is 5.32 Å². The van der Waals surface area contributed by atoms with Crippen molar-refractivity contribution in [2.75, 3.05) is 18.4 Å². The highest BCUT2D eigenvalue weighted by atomic mass is 32.1. The van der Waals surface area contributed by atoms with Crippen LogP contribution in [0.1, 0.15) is 33.0 Å². The smallest absolute Gasteiger partial charge is 0.254 e. The number of anilines is 1. The molecule has 1 saturated heterocycles. The highest BCUT2D eigenvalue weighted by Crippen LogP contribution is 2.19. The third-order valence-corrected chi connectivity index (χ3v) is 5.06. The predicted molar refractivity (Wildman–Crippen MR) is 94.0 cm³/mol. The van der Waals surface area contributed by atoms with Gasteiger partial charge in [0.15, 0.2) is 0 Å². The number of β-amino-alcohol motifs (C(OH)–C–C–N with tert-alkyl or cyclic N) is 1. The molecule has 1 fully saturated rings. The number of benzene rings is 1. The van der Waals surface area contributed by atoms with E-state index in [1.165, 1.54) is 9.75 Å². The van der Waals surface area contributed by atoms with E-state index in [4.69, 9.17) is 0 Å². The summed E-state index contributed by atoms with van der Waals surface area (Å²) in [4.78, 5) is 16.9. The van der Waals surface area contributed by atoms with Gasteiger partial charge in [0.05, 0.1) is 6.10 Å². The minimum Gasteiger partial charge on any atom is -0.391 e. The largest absolute Gasteiger partial charge is 0.391 e. The van der Waals surface area contributed by atoms with Gasteiger partial charge in [0.2, 0.25) is 0 Å². The van der Waals surface area contributed by atoms with Crippen LogP contribution in [0.15, 0.2) is 36.4 Å². The van der Waals surface area contributed by atoms with Crippen molar-refractivity contribution < 1.29 is 9.90 Å². The first-order valence-corrected chi connectivity index (χ1v) is 8.80. The van der Waals surface area contributed by atoms with Gasteiger partial charge in [-0.2, -0.15) is 0 Å². The highest BCUT2D eigenvalue weighted by Gasteiger charge is 2.23. The zero-order chi connectivity index (χ0) is 16.2. The zero-order valence-electron chi connectivity index (χ0n) is 13.3. The van der Waals surface area contributed by atoms with Gasteiger partial charge in [-0.05, 0) is 50.1 Å². The average molecular weight is 330 g/mol. The summed E-state index contributed by atoms with van der Waals surface area (Å²) in [5.41, 5.74) is 1.62. The first-order chi connectivity index (χ1) is 11.1. The van der Waals surface area contributed by atoms with Gasteiger partial charge < -0.3 is 15.3 Å². The number of thiophene rings is 1. The number of carbonyl (C=O) groups excluding carboxylic acids is 1. The maximum Gasteiger partial charge on any atom is 0.254 e. The Morgan fingerprint density at radius 2 is 2.26 bits per heavy atom. The third kappa shape index (κ3) is 4.12. The molecule has 1 amide bonds. The summed E-state index contributed by atoms with van der Waals surface area (Å²) in [6, 6.07) is 11.8. The second-order valence-corrected chi connectivity index (χ2v) is 7.37. The number of nitrogens with one attached hydrogen (secondary N) is 1. The minimum absolute atomic E-state index is 0.000585. The van der Waals surface area contributed by atoms with E-state index in [2.05, 4.69) is 24.4 Å². The number of piperidine rings is 1. The van der Waals surface area contributed by atoms with E-state index in [0.29, 0.717) is 12.1 Å². The molecule has 0 spiro atoms. The van der Waals surface area contributed by atoms with E-state index in [9.17, 15) is 9.90 Å². The van der Waals surface area contributed by atoms with E-state index in [1.54, 1.807) is 16.2 Å². The molecule has 1 aliphatic rings. The maximum atomic E-state index is 12.6. The first kappa shape index (κ1) is 16.0. The van der Waals surface area contributed by atoms with Crippen molar-refractivity contribution in [2.45, 2.75) is 32.4 Å². The summed E-state index contributed by atoms with van der Waals surface area (Å²) < 4.78 is 0. The Kier molecular flexibility index (Phi) is 4.98. The van der Waals surface area contributed by atoms with Crippen molar-refractivity contribution in [3.05, 3.63) is 51.7 Å². The summed E-state index contributed by atoms with van der Waals surface area (Å²) in [6.07, 6.45) is 1.25. The van der Waals surface area contributed by atoms with Gasteiger partial charge in [0.1, 0.15) is 0 Å². The molecule has 23 heavy (non-hydrogen) atoms. The Hall–Kier alpha value is -1.85. The molecule has 4 nitrogen and oxygen atoms in total. The monoisotopic (exact) mass is 330 g/mol. The fourth-order valence-corrected chi connectivity index (χ4v) is 3.68. The van der Waals surface area contributed by atoms with Crippen LogP contribution in [0, 0.1) is 6.92 Å². The molecule has 2 N–H and O–H groups in total. The lowest BCUT2D eigenvalue weighted by atomic mass is 10.1. The second-order valence-electron chi connectivity index (χ2n) is 5.99. The molecule has 0 bridgehead atoms. The molecule has 0 radical (unpaired) electrons. The number of carbonyl (C=O) groups is 1. The van der Waals surface area contributed by atoms with Gasteiger partial charge in [0.25, 0.3) is 5.91 Å². The molecular formula is C18H22N2O2S. The van der Waals surface area contributed by atoms with E-state index < -0.39 is 6.10 Å². The third-order valence-electron chi connectivity index (χ3n) is 4.06. The number of hydrogen-bond donors (Lipinski definition) is 2. The quantitative estimate of drug-likeness (QED) is 0.905. The molecule has 2 heterocycles. The Morgan fingerprint density at radius 3 is 3.00 bits per heavy atom. The topological polar surface area (TPSA) is 52.6 Å². The van der Waals surface area contributed by atoms with E-state index in [-0.39, 0.29) is 5.91 Å². The Labute approximate surface area is 140 Å². The lowest BCUT2D eigenvalue weighted by molar-refractivity contribution is 0.0474. The highest BCUT2D eigenvalue weighted by molar-refractivity contribution is 7.11. The van der Waals surface area contributed by atoms with Gasteiger partial charge in [-0.3, -0.25) is 4.79 Å². The lowest BCUT2D eigenvalue weighted by Crippen LogP contribution is -2.42. The maximum absolute atomic E-state index is 12.6. The normalized spacial score (nSPS) is 18.0. The van der Waals surface area contributed by atoms with Gasteiger partial charge >= 0.3 is 0 Å². The molecule has 2 aromatic rings. The number of amides is 1. The summed E-state index contributed by atoms with van der Waals surface area (Å²) in [5.74, 6) is -0.000585. The van der Waals surface area contributed by atoms with Crippen LogP contribution in [-0.4, -0.2) is 35.1 Å². The Morgan fingerprint density at radius 1 is 1.39 bits per heavy atom. The van der Waals surface area contributed by atoms with Crippen molar-refractivity contribution in [1.29, 1.82) is 0 Å². The predicted octanol–water partition coefficient (Wildman–Crippen LogP) is 3.27. The summed E-state index contributed by atoms with van der Waals surface area (Å²) >= 11 is 1.77. The molecule has 0 aliphatic carbocycles. The summed E-state index contributed by atoms with van der Waals surface area (Å²) in [5, 5.41) is 13.1. The number of likely N-dealkylation sites (tertiary alicyclic amines) is 1. The van der Waals surface area contributed by atoms with E-state index in [0.717, 1.165) is 31.6 Å². The van der Waals surface area contributed by atoms with Crippen LogP contribution in [0.2, 0.25) is 0 Å². The molecule has 0 saturated carbocycles. The first-order valence-electron chi connectivity index (χ1n) is 7.98. The van der Waals surface area contributed by atoms with Crippen LogP contribution in [0.25, 0.3) is 0 Å². The molecule has 122 valence electrons. The van der Waals surface area contributed by atoms with Crippen LogP contribution >= 0.6 is 11.3 Å². The number of aryl methyl sites for hydroxylation is 1. The molecule has 1 aromatic heterocycles.